The number of benzene rings is 1. The van der Waals surface area contributed by atoms with E-state index < -0.39 is 6.10 Å². The van der Waals surface area contributed by atoms with Gasteiger partial charge in [-0.3, -0.25) is 9.59 Å². The van der Waals surface area contributed by atoms with Crippen molar-refractivity contribution >= 4 is 29.1 Å². The fraction of sp³-hybridized carbons (Fsp3) is 0.294. The van der Waals surface area contributed by atoms with Crippen LogP contribution >= 0.6 is 11.6 Å². The zero-order valence-corrected chi connectivity index (χ0v) is 13.7. The molecule has 0 spiro atoms. The first-order valence-corrected chi connectivity index (χ1v) is 8.13. The summed E-state index contributed by atoms with van der Waals surface area (Å²) in [6, 6.07) is 8.28. The van der Waals surface area contributed by atoms with Crippen molar-refractivity contribution in [1.82, 2.24) is 9.88 Å². The van der Waals surface area contributed by atoms with Crippen LogP contribution in [-0.4, -0.2) is 46.0 Å². The zero-order chi connectivity index (χ0) is 17.1. The number of carbonyl (C=O) groups is 2. The SMILES string of the molecule is O=C(Nc1cccc(C(=O)N2CCC[C@H](O)C2)c1)c1cc(Cl)c[nH]1. The predicted molar refractivity (Wildman–Crippen MR) is 91.3 cm³/mol. The Morgan fingerprint density at radius 1 is 1.33 bits per heavy atom. The number of amides is 2. The lowest BCUT2D eigenvalue weighted by atomic mass is 10.1. The largest absolute Gasteiger partial charge is 0.391 e. The molecule has 1 aliphatic rings. The van der Waals surface area contributed by atoms with E-state index in [0.717, 1.165) is 12.8 Å². The van der Waals surface area contributed by atoms with Crippen molar-refractivity contribution in [2.45, 2.75) is 18.9 Å². The maximum Gasteiger partial charge on any atom is 0.272 e. The van der Waals surface area contributed by atoms with E-state index in [2.05, 4.69) is 10.3 Å². The van der Waals surface area contributed by atoms with Crippen LogP contribution in [0.2, 0.25) is 5.02 Å². The number of rotatable bonds is 3. The predicted octanol–water partition coefficient (Wildman–Crippen LogP) is 2.52. The zero-order valence-electron chi connectivity index (χ0n) is 13.0. The fourth-order valence-electron chi connectivity index (χ4n) is 2.75. The molecule has 3 N–H and O–H groups in total. The summed E-state index contributed by atoms with van der Waals surface area (Å²) in [6.45, 7) is 0.976. The Balaban J connectivity index is 1.71. The molecular formula is C17H18ClN3O3. The van der Waals surface area contributed by atoms with Crippen LogP contribution in [0.15, 0.2) is 36.5 Å². The highest BCUT2D eigenvalue weighted by Crippen LogP contribution is 2.18. The first-order chi connectivity index (χ1) is 11.5. The van der Waals surface area contributed by atoms with Gasteiger partial charge in [0.2, 0.25) is 0 Å². The number of aliphatic hydroxyl groups excluding tert-OH is 1. The monoisotopic (exact) mass is 347 g/mol. The molecule has 0 bridgehead atoms. The molecule has 2 heterocycles. The molecule has 1 aromatic heterocycles. The number of nitrogens with zero attached hydrogens (tertiary/aromatic N) is 1. The van der Waals surface area contributed by atoms with Gasteiger partial charge in [-0.2, -0.15) is 0 Å². The number of anilines is 1. The second kappa shape index (κ2) is 7.07. The van der Waals surface area contributed by atoms with Crippen LogP contribution in [0.4, 0.5) is 5.69 Å². The Morgan fingerprint density at radius 2 is 2.17 bits per heavy atom. The Kier molecular flexibility index (Phi) is 4.87. The van der Waals surface area contributed by atoms with E-state index in [-0.39, 0.29) is 11.8 Å². The average molecular weight is 348 g/mol. The summed E-state index contributed by atoms with van der Waals surface area (Å²) < 4.78 is 0. The molecule has 2 amide bonds. The van der Waals surface area contributed by atoms with Crippen molar-refractivity contribution in [2.75, 3.05) is 18.4 Å². The summed E-state index contributed by atoms with van der Waals surface area (Å²) in [5.41, 5.74) is 1.34. The van der Waals surface area contributed by atoms with Gasteiger partial charge in [0, 0.05) is 30.5 Å². The maximum atomic E-state index is 12.5. The summed E-state index contributed by atoms with van der Waals surface area (Å²) in [6.07, 6.45) is 2.57. The van der Waals surface area contributed by atoms with E-state index in [4.69, 9.17) is 11.6 Å². The highest BCUT2D eigenvalue weighted by molar-refractivity contribution is 6.31. The van der Waals surface area contributed by atoms with Crippen molar-refractivity contribution in [3.05, 3.63) is 52.8 Å². The minimum absolute atomic E-state index is 0.146. The number of aromatic amines is 1. The lowest BCUT2D eigenvalue weighted by Crippen LogP contribution is -2.42. The Morgan fingerprint density at radius 3 is 2.88 bits per heavy atom. The van der Waals surface area contributed by atoms with Crippen molar-refractivity contribution < 1.29 is 14.7 Å². The quantitative estimate of drug-likeness (QED) is 0.797. The molecule has 3 rings (SSSR count). The summed E-state index contributed by atoms with van der Waals surface area (Å²) in [5, 5.41) is 12.9. The number of hydrogen-bond acceptors (Lipinski definition) is 3. The van der Waals surface area contributed by atoms with E-state index in [1.807, 2.05) is 0 Å². The number of nitrogens with one attached hydrogen (secondary N) is 2. The van der Waals surface area contributed by atoms with Crippen LogP contribution in [0, 0.1) is 0 Å². The molecule has 1 fully saturated rings. The van der Waals surface area contributed by atoms with Gasteiger partial charge in [0.05, 0.1) is 11.1 Å². The molecule has 1 atom stereocenters. The second-order valence-electron chi connectivity index (χ2n) is 5.81. The molecule has 0 aliphatic carbocycles. The molecule has 24 heavy (non-hydrogen) atoms. The Labute approximate surface area is 144 Å². The molecule has 1 aliphatic heterocycles. The molecule has 0 saturated carbocycles. The number of aliphatic hydroxyl groups is 1. The summed E-state index contributed by atoms with van der Waals surface area (Å²) in [5.74, 6) is -0.479. The van der Waals surface area contributed by atoms with Crippen LogP contribution in [0.3, 0.4) is 0 Å². The fourth-order valence-corrected chi connectivity index (χ4v) is 2.91. The van der Waals surface area contributed by atoms with Gasteiger partial charge in [-0.05, 0) is 37.1 Å². The standard InChI is InChI=1S/C17H18ClN3O3/c18-12-8-15(19-9-12)16(23)20-13-4-1-3-11(7-13)17(24)21-6-2-5-14(22)10-21/h1,3-4,7-9,14,19,22H,2,5-6,10H2,(H,20,23)/t14-/m0/s1. The second-order valence-corrected chi connectivity index (χ2v) is 6.25. The molecule has 6 nitrogen and oxygen atoms in total. The van der Waals surface area contributed by atoms with E-state index in [0.29, 0.717) is 35.1 Å². The highest BCUT2D eigenvalue weighted by atomic mass is 35.5. The molecule has 2 aromatic rings. The van der Waals surface area contributed by atoms with E-state index >= 15 is 0 Å². The van der Waals surface area contributed by atoms with Crippen molar-refractivity contribution in [3.8, 4) is 0 Å². The van der Waals surface area contributed by atoms with E-state index in [1.165, 1.54) is 12.3 Å². The third kappa shape index (κ3) is 3.77. The number of aromatic nitrogens is 1. The van der Waals surface area contributed by atoms with Crippen molar-refractivity contribution in [2.24, 2.45) is 0 Å². The molecule has 7 heteroatoms. The molecular weight excluding hydrogens is 330 g/mol. The maximum absolute atomic E-state index is 12.5. The Bertz CT molecular complexity index is 759. The van der Waals surface area contributed by atoms with E-state index in [1.54, 1.807) is 29.2 Å². The highest BCUT2D eigenvalue weighted by Gasteiger charge is 2.23. The van der Waals surface area contributed by atoms with Crippen LogP contribution < -0.4 is 5.32 Å². The number of β-amino-alcohol motifs (C(OH)–C–C–N with tert-alkyl or cyclic N) is 1. The molecule has 1 saturated heterocycles. The first-order valence-electron chi connectivity index (χ1n) is 7.75. The number of piperidine rings is 1. The van der Waals surface area contributed by atoms with Crippen molar-refractivity contribution in [3.63, 3.8) is 0 Å². The summed E-state index contributed by atoms with van der Waals surface area (Å²) in [4.78, 5) is 29.1. The molecule has 0 unspecified atom stereocenters. The normalized spacial score (nSPS) is 17.6. The minimum Gasteiger partial charge on any atom is -0.391 e. The third-order valence-electron chi connectivity index (χ3n) is 3.94. The van der Waals surface area contributed by atoms with Crippen molar-refractivity contribution in [1.29, 1.82) is 0 Å². The van der Waals surface area contributed by atoms with Gasteiger partial charge < -0.3 is 20.3 Å². The van der Waals surface area contributed by atoms with Gasteiger partial charge in [-0.1, -0.05) is 17.7 Å². The number of carbonyl (C=O) groups excluding carboxylic acids is 2. The van der Waals surface area contributed by atoms with Crippen LogP contribution in [0.5, 0.6) is 0 Å². The Hall–Kier alpha value is -2.31. The molecule has 0 radical (unpaired) electrons. The van der Waals surface area contributed by atoms with Gasteiger partial charge >= 0.3 is 0 Å². The average Bonchev–Trinajstić information content (AvgIpc) is 3.01. The van der Waals surface area contributed by atoms with E-state index in [9.17, 15) is 14.7 Å². The minimum atomic E-state index is -0.469. The summed E-state index contributed by atoms with van der Waals surface area (Å²) in [7, 11) is 0. The third-order valence-corrected chi connectivity index (χ3v) is 4.16. The lowest BCUT2D eigenvalue weighted by molar-refractivity contribution is 0.0474. The lowest BCUT2D eigenvalue weighted by Gasteiger charge is -2.30. The smallest absolute Gasteiger partial charge is 0.272 e. The van der Waals surface area contributed by atoms with Gasteiger partial charge in [-0.15, -0.1) is 0 Å². The number of hydrogen-bond donors (Lipinski definition) is 3. The van der Waals surface area contributed by atoms with Gasteiger partial charge in [0.15, 0.2) is 0 Å². The summed E-state index contributed by atoms with van der Waals surface area (Å²) >= 11 is 5.79. The van der Waals surface area contributed by atoms with Crippen LogP contribution in [-0.2, 0) is 0 Å². The molecule has 1 aromatic carbocycles. The van der Waals surface area contributed by atoms with Gasteiger partial charge in [-0.25, -0.2) is 0 Å². The van der Waals surface area contributed by atoms with Crippen LogP contribution in [0.25, 0.3) is 0 Å². The number of H-pyrrole nitrogens is 1. The number of halogens is 1. The van der Waals surface area contributed by atoms with Gasteiger partial charge in [0.25, 0.3) is 11.8 Å². The number of likely N-dealkylation sites (tertiary alicyclic amines) is 1. The van der Waals surface area contributed by atoms with Crippen LogP contribution in [0.1, 0.15) is 33.7 Å². The first kappa shape index (κ1) is 16.5. The van der Waals surface area contributed by atoms with Gasteiger partial charge in [0.1, 0.15) is 5.69 Å². The molecule has 126 valence electrons. The topological polar surface area (TPSA) is 85.4 Å².